The summed E-state index contributed by atoms with van der Waals surface area (Å²) in [7, 11) is 0. The van der Waals surface area contributed by atoms with Crippen molar-refractivity contribution in [3.05, 3.63) is 157 Å². The third kappa shape index (κ3) is 3.84. The molecule has 1 heterocycles. The van der Waals surface area contributed by atoms with E-state index < -0.39 is 6.85 Å². The predicted molar refractivity (Wildman–Crippen MR) is 177 cm³/mol. The fourth-order valence-corrected chi connectivity index (χ4v) is 6.36. The zero-order valence-electron chi connectivity index (χ0n) is 25.8. The molecule has 0 N–H and O–H groups in total. The van der Waals surface area contributed by atoms with E-state index in [1.807, 2.05) is 53.1 Å². The maximum Gasteiger partial charge on any atom is 0.111 e. The van der Waals surface area contributed by atoms with Gasteiger partial charge in [-0.1, -0.05) is 127 Å². The number of nitrogens with zero attached hydrogens (tertiary/aromatic N) is 2. The van der Waals surface area contributed by atoms with Crippen LogP contribution >= 0.6 is 0 Å². The summed E-state index contributed by atoms with van der Waals surface area (Å²) < 4.78 is 27.0. The zero-order valence-corrected chi connectivity index (χ0v) is 22.8. The molecule has 7 aromatic carbocycles. The number of hydrogen-bond donors (Lipinski definition) is 0. The van der Waals surface area contributed by atoms with Crippen LogP contribution in [-0.4, -0.2) is 9.55 Å². The maximum absolute atomic E-state index is 8.39. The number of imidazole rings is 1. The standard InChI is InChI=1S/C40H28N2/c1-27-41-36-23-10-12-25-38(36)42(27)37-24-11-9-22-35(37)40-33-20-7-5-18-31(33)39(32-19-6-8-21-34(32)40)30-17-13-16-29(26-30)28-14-3-2-4-15-28/h2-26H,1H3/i1D3. The topological polar surface area (TPSA) is 17.8 Å². The van der Waals surface area contributed by atoms with Gasteiger partial charge in [-0.15, -0.1) is 0 Å². The maximum atomic E-state index is 8.39. The summed E-state index contributed by atoms with van der Waals surface area (Å²) in [5, 5.41) is 4.47. The van der Waals surface area contributed by atoms with Crippen LogP contribution in [0.2, 0.25) is 0 Å². The Morgan fingerprint density at radius 1 is 0.500 bits per heavy atom. The number of aryl methyl sites for hydroxylation is 1. The number of para-hydroxylation sites is 3. The molecular weight excluding hydrogens is 508 g/mol. The molecule has 42 heavy (non-hydrogen) atoms. The molecule has 2 nitrogen and oxygen atoms in total. The number of fused-ring (bicyclic) bond motifs is 3. The third-order valence-corrected chi connectivity index (χ3v) is 8.16. The molecule has 0 aliphatic heterocycles. The Morgan fingerprint density at radius 2 is 1.07 bits per heavy atom. The van der Waals surface area contributed by atoms with Gasteiger partial charge in [0.05, 0.1) is 16.7 Å². The Kier molecular flexibility index (Phi) is 5.00. The molecule has 0 radical (unpaired) electrons. The van der Waals surface area contributed by atoms with Gasteiger partial charge in [-0.05, 0) is 80.5 Å². The van der Waals surface area contributed by atoms with Crippen molar-refractivity contribution >= 4 is 32.6 Å². The van der Waals surface area contributed by atoms with Crippen molar-refractivity contribution in [2.45, 2.75) is 6.85 Å². The first-order valence-electron chi connectivity index (χ1n) is 15.7. The van der Waals surface area contributed by atoms with E-state index in [9.17, 15) is 0 Å². The second kappa shape index (κ2) is 9.87. The molecule has 0 saturated carbocycles. The predicted octanol–water partition coefficient (Wildman–Crippen LogP) is 10.6. The number of aromatic nitrogens is 2. The molecule has 0 aliphatic rings. The van der Waals surface area contributed by atoms with Gasteiger partial charge in [0.1, 0.15) is 5.82 Å². The molecular formula is C40H28N2. The Morgan fingerprint density at radius 3 is 1.81 bits per heavy atom. The summed E-state index contributed by atoms with van der Waals surface area (Å²) in [6.45, 7) is -2.40. The molecule has 2 heteroatoms. The van der Waals surface area contributed by atoms with Crippen molar-refractivity contribution in [3.63, 3.8) is 0 Å². The summed E-state index contributed by atoms with van der Waals surface area (Å²) in [6, 6.07) is 52.0. The number of benzene rings is 7. The fraction of sp³-hybridized carbons (Fsp3) is 0.0250. The van der Waals surface area contributed by atoms with Gasteiger partial charge >= 0.3 is 0 Å². The highest BCUT2D eigenvalue weighted by atomic mass is 15.1. The largest absolute Gasteiger partial charge is 0.296 e. The average Bonchev–Trinajstić information content (AvgIpc) is 3.48. The first kappa shape index (κ1) is 21.3. The van der Waals surface area contributed by atoms with Gasteiger partial charge in [-0.25, -0.2) is 4.98 Å². The van der Waals surface area contributed by atoms with Crippen LogP contribution in [0.4, 0.5) is 0 Å². The monoisotopic (exact) mass is 539 g/mol. The fourth-order valence-electron chi connectivity index (χ4n) is 6.36. The van der Waals surface area contributed by atoms with E-state index in [1.54, 1.807) is 0 Å². The van der Waals surface area contributed by atoms with Crippen LogP contribution in [0.1, 0.15) is 9.94 Å². The van der Waals surface area contributed by atoms with Crippen LogP contribution in [0.5, 0.6) is 0 Å². The Hall–Kier alpha value is -5.47. The summed E-state index contributed by atoms with van der Waals surface area (Å²) in [5.74, 6) is 0.0547. The lowest BCUT2D eigenvalue weighted by atomic mass is 9.85. The Labute approximate surface area is 249 Å². The van der Waals surface area contributed by atoms with Crippen LogP contribution in [0.25, 0.3) is 71.6 Å². The molecule has 0 aliphatic carbocycles. The van der Waals surface area contributed by atoms with E-state index in [2.05, 4.69) is 108 Å². The van der Waals surface area contributed by atoms with E-state index >= 15 is 0 Å². The lowest BCUT2D eigenvalue weighted by Gasteiger charge is -2.20. The van der Waals surface area contributed by atoms with Gasteiger partial charge in [0, 0.05) is 9.68 Å². The molecule has 198 valence electrons. The molecule has 0 unspecified atom stereocenters. The van der Waals surface area contributed by atoms with Gasteiger partial charge in [-0.3, -0.25) is 4.57 Å². The number of hydrogen-bond acceptors (Lipinski definition) is 1. The van der Waals surface area contributed by atoms with E-state index in [4.69, 9.17) is 4.11 Å². The minimum Gasteiger partial charge on any atom is -0.296 e. The minimum absolute atomic E-state index is 0.0547. The zero-order chi connectivity index (χ0) is 30.5. The van der Waals surface area contributed by atoms with Crippen LogP contribution in [0, 0.1) is 6.85 Å². The average molecular weight is 540 g/mol. The first-order valence-corrected chi connectivity index (χ1v) is 14.2. The Balaban J connectivity index is 1.46. The van der Waals surface area contributed by atoms with Crippen LogP contribution in [0.3, 0.4) is 0 Å². The molecule has 8 rings (SSSR count). The second-order valence-electron chi connectivity index (χ2n) is 10.6. The molecule has 0 amide bonds. The number of rotatable bonds is 4. The van der Waals surface area contributed by atoms with Crippen molar-refractivity contribution in [1.82, 2.24) is 9.55 Å². The van der Waals surface area contributed by atoms with Gasteiger partial charge in [-0.2, -0.15) is 0 Å². The normalized spacial score (nSPS) is 12.8. The second-order valence-corrected chi connectivity index (χ2v) is 10.6. The van der Waals surface area contributed by atoms with E-state index in [-0.39, 0.29) is 5.82 Å². The molecule has 1 aromatic heterocycles. The molecule has 0 saturated heterocycles. The summed E-state index contributed by atoms with van der Waals surface area (Å²) in [5.41, 5.74) is 8.88. The van der Waals surface area contributed by atoms with Crippen molar-refractivity contribution in [2.24, 2.45) is 0 Å². The van der Waals surface area contributed by atoms with E-state index in [0.717, 1.165) is 49.4 Å². The molecule has 0 bridgehead atoms. The lowest BCUT2D eigenvalue weighted by molar-refractivity contribution is 1.00. The molecule has 0 fully saturated rings. The van der Waals surface area contributed by atoms with Gasteiger partial charge in [0.15, 0.2) is 0 Å². The lowest BCUT2D eigenvalue weighted by Crippen LogP contribution is -2.00. The first-order chi connectivity index (χ1) is 22.0. The van der Waals surface area contributed by atoms with E-state index in [1.165, 1.54) is 16.7 Å². The SMILES string of the molecule is [2H]C([2H])([2H])c1nc2ccccc2n1-c1ccccc1-c1c2ccccc2c(-c2cccc(-c3ccccc3)c2)c2ccccc12. The minimum atomic E-state index is -2.40. The highest BCUT2D eigenvalue weighted by molar-refractivity contribution is 6.22. The van der Waals surface area contributed by atoms with Crippen molar-refractivity contribution in [3.8, 4) is 39.1 Å². The third-order valence-electron chi connectivity index (χ3n) is 8.16. The molecule has 0 atom stereocenters. The van der Waals surface area contributed by atoms with Gasteiger partial charge in [0.25, 0.3) is 0 Å². The highest BCUT2D eigenvalue weighted by Crippen LogP contribution is 2.45. The van der Waals surface area contributed by atoms with Crippen molar-refractivity contribution in [2.75, 3.05) is 0 Å². The summed E-state index contributed by atoms with van der Waals surface area (Å²) in [6.07, 6.45) is 0. The molecule has 0 spiro atoms. The van der Waals surface area contributed by atoms with Crippen LogP contribution in [-0.2, 0) is 0 Å². The van der Waals surface area contributed by atoms with E-state index in [0.29, 0.717) is 5.52 Å². The van der Waals surface area contributed by atoms with Crippen molar-refractivity contribution < 1.29 is 4.11 Å². The highest BCUT2D eigenvalue weighted by Gasteiger charge is 2.20. The van der Waals surface area contributed by atoms with Crippen LogP contribution < -0.4 is 0 Å². The quantitative estimate of drug-likeness (QED) is 0.203. The Bertz CT molecular complexity index is 2310. The van der Waals surface area contributed by atoms with Crippen LogP contribution in [0.15, 0.2) is 152 Å². The van der Waals surface area contributed by atoms with Gasteiger partial charge in [0.2, 0.25) is 0 Å². The summed E-state index contributed by atoms with van der Waals surface area (Å²) >= 11 is 0. The van der Waals surface area contributed by atoms with Gasteiger partial charge < -0.3 is 0 Å². The summed E-state index contributed by atoms with van der Waals surface area (Å²) in [4.78, 5) is 4.61. The molecule has 8 aromatic rings. The van der Waals surface area contributed by atoms with Crippen molar-refractivity contribution in [1.29, 1.82) is 0 Å². The smallest absolute Gasteiger partial charge is 0.111 e.